The highest BCUT2D eigenvalue weighted by molar-refractivity contribution is 7.99. The molecule has 26 heavy (non-hydrogen) atoms. The molecule has 0 bridgehead atoms. The highest BCUT2D eigenvalue weighted by atomic mass is 32.2. The molecule has 0 aliphatic carbocycles. The highest BCUT2D eigenvalue weighted by Crippen LogP contribution is 2.23. The molecule has 0 radical (unpaired) electrons. The van der Waals surface area contributed by atoms with E-state index in [1.54, 1.807) is 24.4 Å². The van der Waals surface area contributed by atoms with Crippen LogP contribution in [0, 0.1) is 5.82 Å². The number of carbonyl (C=O) groups is 1. The number of rotatable bonds is 7. The SMILES string of the molecule is Cn1ccnc1C(NC(=O)CCSc1ccccc1F)c1ccccc1. The molecule has 0 fully saturated rings. The smallest absolute Gasteiger partial charge is 0.221 e. The number of nitrogens with zero attached hydrogens (tertiary/aromatic N) is 2. The van der Waals surface area contributed by atoms with E-state index in [1.165, 1.54) is 17.8 Å². The van der Waals surface area contributed by atoms with E-state index in [4.69, 9.17) is 0 Å². The fourth-order valence-corrected chi connectivity index (χ4v) is 3.53. The van der Waals surface area contributed by atoms with Gasteiger partial charge in [0.2, 0.25) is 5.91 Å². The summed E-state index contributed by atoms with van der Waals surface area (Å²) in [7, 11) is 1.90. The van der Waals surface area contributed by atoms with Gasteiger partial charge in [0.05, 0.1) is 0 Å². The number of carbonyl (C=O) groups excluding carboxylic acids is 1. The molecule has 134 valence electrons. The van der Waals surface area contributed by atoms with Crippen molar-refractivity contribution in [2.45, 2.75) is 17.4 Å². The number of thioether (sulfide) groups is 1. The van der Waals surface area contributed by atoms with Gasteiger partial charge < -0.3 is 9.88 Å². The molecule has 4 nitrogen and oxygen atoms in total. The predicted octanol–water partition coefficient (Wildman–Crippen LogP) is 3.95. The van der Waals surface area contributed by atoms with Crippen molar-refractivity contribution in [3.05, 3.63) is 84.2 Å². The average Bonchev–Trinajstić information content (AvgIpc) is 3.08. The quantitative estimate of drug-likeness (QED) is 0.642. The Hall–Kier alpha value is -2.60. The van der Waals surface area contributed by atoms with Gasteiger partial charge in [0.25, 0.3) is 0 Å². The molecule has 1 N–H and O–H groups in total. The third kappa shape index (κ3) is 4.52. The van der Waals surface area contributed by atoms with Crippen LogP contribution in [0.1, 0.15) is 23.9 Å². The third-order valence-corrected chi connectivity index (χ3v) is 5.03. The maximum Gasteiger partial charge on any atom is 0.221 e. The van der Waals surface area contributed by atoms with Crippen molar-refractivity contribution in [3.63, 3.8) is 0 Å². The van der Waals surface area contributed by atoms with E-state index in [2.05, 4.69) is 10.3 Å². The Morgan fingerprint density at radius 1 is 1.19 bits per heavy atom. The van der Waals surface area contributed by atoms with Gasteiger partial charge in [-0.2, -0.15) is 0 Å². The minimum Gasteiger partial charge on any atom is -0.342 e. The van der Waals surface area contributed by atoms with Crippen molar-refractivity contribution in [1.29, 1.82) is 0 Å². The first kappa shape index (κ1) is 18.2. The number of nitrogens with one attached hydrogen (secondary N) is 1. The first-order valence-corrected chi connectivity index (χ1v) is 9.32. The Balaban J connectivity index is 1.64. The van der Waals surface area contributed by atoms with Gasteiger partial charge in [-0.05, 0) is 17.7 Å². The zero-order valence-corrected chi connectivity index (χ0v) is 15.2. The summed E-state index contributed by atoms with van der Waals surface area (Å²) in [4.78, 5) is 17.4. The molecular formula is C20H20FN3OS. The molecular weight excluding hydrogens is 349 g/mol. The fourth-order valence-electron chi connectivity index (χ4n) is 2.65. The Morgan fingerprint density at radius 3 is 2.62 bits per heavy atom. The molecule has 0 saturated carbocycles. The average molecular weight is 369 g/mol. The predicted molar refractivity (Wildman–Crippen MR) is 101 cm³/mol. The summed E-state index contributed by atoms with van der Waals surface area (Å²) in [5, 5.41) is 3.05. The Bertz CT molecular complexity index is 866. The van der Waals surface area contributed by atoms with E-state index in [0.717, 1.165) is 11.4 Å². The van der Waals surface area contributed by atoms with E-state index in [9.17, 15) is 9.18 Å². The Labute approximate surface area is 156 Å². The van der Waals surface area contributed by atoms with Crippen molar-refractivity contribution in [2.24, 2.45) is 7.05 Å². The van der Waals surface area contributed by atoms with Crippen LogP contribution in [0.3, 0.4) is 0 Å². The minimum absolute atomic E-state index is 0.0920. The first-order valence-electron chi connectivity index (χ1n) is 8.34. The van der Waals surface area contributed by atoms with Gasteiger partial charge in [0, 0.05) is 36.5 Å². The standard InChI is InChI=1S/C20H20FN3OS/c1-24-13-12-22-20(24)19(15-7-3-2-4-8-15)23-18(25)11-14-26-17-10-6-5-9-16(17)21/h2-10,12-13,19H,11,14H2,1H3,(H,23,25). The van der Waals surface area contributed by atoms with Gasteiger partial charge >= 0.3 is 0 Å². The van der Waals surface area contributed by atoms with Gasteiger partial charge in [0.1, 0.15) is 17.7 Å². The van der Waals surface area contributed by atoms with Crippen LogP contribution in [0.25, 0.3) is 0 Å². The molecule has 6 heteroatoms. The number of imidazole rings is 1. The molecule has 0 aliphatic heterocycles. The van der Waals surface area contributed by atoms with Crippen molar-refractivity contribution in [2.75, 3.05) is 5.75 Å². The first-order chi connectivity index (χ1) is 12.6. The molecule has 2 aromatic carbocycles. The topological polar surface area (TPSA) is 46.9 Å². The van der Waals surface area contributed by atoms with Crippen molar-refractivity contribution < 1.29 is 9.18 Å². The van der Waals surface area contributed by atoms with Gasteiger partial charge in [-0.25, -0.2) is 9.37 Å². The second-order valence-corrected chi connectivity index (χ2v) is 6.97. The number of halogens is 1. The largest absolute Gasteiger partial charge is 0.342 e. The Morgan fingerprint density at radius 2 is 1.92 bits per heavy atom. The van der Waals surface area contributed by atoms with E-state index in [-0.39, 0.29) is 17.8 Å². The van der Waals surface area contributed by atoms with E-state index >= 15 is 0 Å². The van der Waals surface area contributed by atoms with Crippen LogP contribution in [0.2, 0.25) is 0 Å². The summed E-state index contributed by atoms with van der Waals surface area (Å²) in [6.07, 6.45) is 3.86. The molecule has 1 amide bonds. The monoisotopic (exact) mass is 369 g/mol. The fraction of sp³-hybridized carbons (Fsp3) is 0.200. The lowest BCUT2D eigenvalue weighted by molar-refractivity contribution is -0.121. The van der Waals surface area contributed by atoms with Crippen LogP contribution in [0.15, 0.2) is 71.9 Å². The maximum atomic E-state index is 13.6. The number of aryl methyl sites for hydroxylation is 1. The number of amides is 1. The lowest BCUT2D eigenvalue weighted by Gasteiger charge is -2.19. The van der Waals surface area contributed by atoms with Crippen LogP contribution in [-0.4, -0.2) is 21.2 Å². The Kier molecular flexibility index (Phi) is 6.07. The van der Waals surface area contributed by atoms with Crippen LogP contribution in [-0.2, 0) is 11.8 Å². The molecule has 1 atom stereocenters. The zero-order valence-electron chi connectivity index (χ0n) is 14.4. The third-order valence-electron chi connectivity index (χ3n) is 3.98. The van der Waals surface area contributed by atoms with Crippen molar-refractivity contribution in [3.8, 4) is 0 Å². The second-order valence-electron chi connectivity index (χ2n) is 5.84. The summed E-state index contributed by atoms with van der Waals surface area (Å²) in [5.41, 5.74) is 0.969. The summed E-state index contributed by atoms with van der Waals surface area (Å²) in [5.74, 6) is 0.930. The summed E-state index contributed by atoms with van der Waals surface area (Å²) in [6, 6.07) is 16.0. The number of hydrogen-bond acceptors (Lipinski definition) is 3. The van der Waals surface area contributed by atoms with Crippen LogP contribution < -0.4 is 5.32 Å². The lowest BCUT2D eigenvalue weighted by atomic mass is 10.1. The summed E-state index contributed by atoms with van der Waals surface area (Å²) < 4.78 is 15.5. The number of aromatic nitrogens is 2. The molecule has 1 unspecified atom stereocenters. The van der Waals surface area contributed by atoms with E-state index in [1.807, 2.05) is 48.1 Å². The van der Waals surface area contributed by atoms with Gasteiger partial charge in [-0.15, -0.1) is 11.8 Å². The molecule has 0 saturated heterocycles. The summed E-state index contributed by atoms with van der Waals surface area (Å²) >= 11 is 1.34. The molecule has 0 aliphatic rings. The van der Waals surface area contributed by atoms with Crippen molar-refractivity contribution in [1.82, 2.24) is 14.9 Å². The molecule has 0 spiro atoms. The van der Waals surface area contributed by atoms with Crippen molar-refractivity contribution >= 4 is 17.7 Å². The molecule has 1 aromatic heterocycles. The summed E-state index contributed by atoms with van der Waals surface area (Å²) in [6.45, 7) is 0. The molecule has 3 rings (SSSR count). The van der Waals surface area contributed by atoms with Crippen LogP contribution in [0.5, 0.6) is 0 Å². The highest BCUT2D eigenvalue weighted by Gasteiger charge is 2.20. The van der Waals surface area contributed by atoms with Gasteiger partial charge in [0.15, 0.2) is 0 Å². The minimum atomic E-state index is -0.317. The van der Waals surface area contributed by atoms with Crippen LogP contribution >= 0.6 is 11.8 Å². The van der Waals surface area contributed by atoms with Gasteiger partial charge in [-0.1, -0.05) is 42.5 Å². The molecule has 3 aromatic rings. The van der Waals surface area contributed by atoms with E-state index in [0.29, 0.717) is 17.1 Å². The molecule has 1 heterocycles. The second kappa shape index (κ2) is 8.67. The van der Waals surface area contributed by atoms with Crippen LogP contribution in [0.4, 0.5) is 4.39 Å². The number of benzene rings is 2. The van der Waals surface area contributed by atoms with E-state index < -0.39 is 0 Å². The zero-order chi connectivity index (χ0) is 18.4. The number of hydrogen-bond donors (Lipinski definition) is 1. The van der Waals surface area contributed by atoms with Gasteiger partial charge in [-0.3, -0.25) is 4.79 Å². The lowest BCUT2D eigenvalue weighted by Crippen LogP contribution is -2.31. The maximum absolute atomic E-state index is 13.6. The normalized spacial score (nSPS) is 11.9.